The first-order valence-corrected chi connectivity index (χ1v) is 5.80. The van der Waals surface area contributed by atoms with Crippen LogP contribution in [0.4, 0.5) is 4.79 Å². The lowest BCUT2D eigenvalue weighted by Gasteiger charge is -2.26. The highest BCUT2D eigenvalue weighted by Crippen LogP contribution is 2.26. The van der Waals surface area contributed by atoms with Crippen LogP contribution in [0.5, 0.6) is 0 Å². The summed E-state index contributed by atoms with van der Waals surface area (Å²) in [6.07, 6.45) is 1.94. The van der Waals surface area contributed by atoms with Gasteiger partial charge in [0.1, 0.15) is 0 Å². The van der Waals surface area contributed by atoms with Crippen molar-refractivity contribution < 1.29 is 9.53 Å². The predicted molar refractivity (Wildman–Crippen MR) is 62.3 cm³/mol. The van der Waals surface area contributed by atoms with Gasteiger partial charge in [0.05, 0.1) is 0 Å². The molecule has 1 aliphatic rings. The molecule has 0 N–H and O–H groups in total. The second-order valence-corrected chi connectivity index (χ2v) is 4.17. The lowest BCUT2D eigenvalue weighted by atomic mass is 10.2. The number of carbonyl (C=O) groups excluding carboxylic acids is 1. The van der Waals surface area contributed by atoms with Crippen molar-refractivity contribution in [2.75, 3.05) is 13.1 Å². The van der Waals surface area contributed by atoms with Crippen LogP contribution in [-0.4, -0.2) is 23.4 Å². The van der Waals surface area contributed by atoms with Crippen molar-refractivity contribution in [1.29, 1.82) is 0 Å². The summed E-state index contributed by atoms with van der Waals surface area (Å²) < 4.78 is 5.17. The molecular weight excluding hydrogens is 226 g/mol. The van der Waals surface area contributed by atoms with Crippen LogP contribution in [0.1, 0.15) is 24.6 Å². The third-order valence-electron chi connectivity index (χ3n) is 2.76. The molecule has 1 unspecified atom stereocenters. The van der Waals surface area contributed by atoms with Gasteiger partial charge >= 0.3 is 5.43 Å². The van der Waals surface area contributed by atoms with E-state index in [0.717, 1.165) is 31.5 Å². The Morgan fingerprint density at radius 3 is 2.44 bits per heavy atom. The fourth-order valence-electron chi connectivity index (χ4n) is 2.03. The number of nitrogens with zero attached hydrogens (tertiary/aromatic N) is 1. The normalized spacial score (nSPS) is 18.3. The molecule has 0 spiro atoms. The van der Waals surface area contributed by atoms with E-state index in [1.807, 2.05) is 30.3 Å². The highest BCUT2D eigenvalue weighted by molar-refractivity contribution is 6.61. The van der Waals surface area contributed by atoms with E-state index in [1.54, 1.807) is 0 Å². The van der Waals surface area contributed by atoms with Gasteiger partial charge in [0.25, 0.3) is 0 Å². The average Bonchev–Trinajstić information content (AvgIpc) is 2.80. The molecule has 1 aliphatic heterocycles. The highest BCUT2D eigenvalue weighted by Gasteiger charge is 2.25. The Morgan fingerprint density at radius 2 is 1.88 bits per heavy atom. The first kappa shape index (κ1) is 11.4. The molecule has 0 aliphatic carbocycles. The highest BCUT2D eigenvalue weighted by atomic mass is 35.5. The first-order chi connectivity index (χ1) is 7.77. The molecule has 0 bridgehead atoms. The molecule has 1 heterocycles. The zero-order valence-corrected chi connectivity index (χ0v) is 9.69. The lowest BCUT2D eigenvalue weighted by Crippen LogP contribution is -2.28. The molecule has 86 valence electrons. The maximum Gasteiger partial charge on any atom is 0.405 e. The van der Waals surface area contributed by atoms with Gasteiger partial charge < -0.3 is 4.74 Å². The average molecular weight is 240 g/mol. The van der Waals surface area contributed by atoms with Gasteiger partial charge in [-0.15, -0.1) is 0 Å². The van der Waals surface area contributed by atoms with Gasteiger partial charge in [0.2, 0.25) is 0 Å². The molecule has 1 aromatic carbocycles. The van der Waals surface area contributed by atoms with Gasteiger partial charge in [-0.05, 0) is 12.8 Å². The minimum absolute atomic E-state index is 0.339. The summed E-state index contributed by atoms with van der Waals surface area (Å²) in [7, 11) is 0. The molecule has 1 saturated heterocycles. The molecule has 1 fully saturated rings. The fourth-order valence-corrected chi connectivity index (χ4v) is 2.12. The van der Waals surface area contributed by atoms with Gasteiger partial charge in [0, 0.05) is 30.3 Å². The van der Waals surface area contributed by atoms with Crippen LogP contribution < -0.4 is 0 Å². The van der Waals surface area contributed by atoms with Crippen molar-refractivity contribution in [2.24, 2.45) is 0 Å². The molecule has 0 aromatic heterocycles. The second kappa shape index (κ2) is 5.32. The predicted octanol–water partition coefficient (Wildman–Crippen LogP) is 3.16. The molecule has 0 amide bonds. The Bertz CT molecular complexity index is 349. The summed E-state index contributed by atoms with van der Waals surface area (Å²) in [5.41, 5.74) is 0.221. The van der Waals surface area contributed by atoms with Crippen LogP contribution in [0.15, 0.2) is 30.3 Å². The van der Waals surface area contributed by atoms with Crippen LogP contribution >= 0.6 is 11.6 Å². The number of likely N-dealkylation sites (tertiary alicyclic amines) is 1. The van der Waals surface area contributed by atoms with Crippen molar-refractivity contribution in [3.05, 3.63) is 35.9 Å². The Balaban J connectivity index is 2.16. The van der Waals surface area contributed by atoms with Gasteiger partial charge in [-0.1, -0.05) is 30.3 Å². The molecule has 16 heavy (non-hydrogen) atoms. The van der Waals surface area contributed by atoms with Crippen LogP contribution in [0, 0.1) is 0 Å². The van der Waals surface area contributed by atoms with Crippen LogP contribution in [0.2, 0.25) is 0 Å². The first-order valence-electron chi connectivity index (χ1n) is 5.42. The number of rotatable bonds is 3. The molecule has 4 heteroatoms. The smallest absolute Gasteiger partial charge is 0.405 e. The van der Waals surface area contributed by atoms with Crippen LogP contribution in [0.3, 0.4) is 0 Å². The number of halogens is 1. The van der Waals surface area contributed by atoms with E-state index in [4.69, 9.17) is 16.3 Å². The molecule has 1 atom stereocenters. The minimum atomic E-state index is -0.749. The van der Waals surface area contributed by atoms with Crippen LogP contribution in [0.25, 0.3) is 0 Å². The molecule has 1 aromatic rings. The minimum Gasteiger partial charge on any atom is -0.430 e. The summed E-state index contributed by atoms with van der Waals surface area (Å²) in [6, 6.07) is 9.69. The second-order valence-electron chi connectivity index (χ2n) is 3.86. The van der Waals surface area contributed by atoms with Crippen molar-refractivity contribution in [3.63, 3.8) is 0 Å². The van der Waals surface area contributed by atoms with Crippen molar-refractivity contribution in [2.45, 2.75) is 19.1 Å². The Labute approximate surface area is 100.0 Å². The van der Waals surface area contributed by atoms with Crippen molar-refractivity contribution >= 4 is 17.0 Å². The summed E-state index contributed by atoms with van der Waals surface area (Å²) in [4.78, 5) is 13.0. The third kappa shape index (κ3) is 2.74. The summed E-state index contributed by atoms with van der Waals surface area (Å²) in [5.74, 6) is 0. The van der Waals surface area contributed by atoms with Gasteiger partial charge in [-0.25, -0.2) is 4.79 Å². The lowest BCUT2D eigenvalue weighted by molar-refractivity contribution is 0.0101. The maximum atomic E-state index is 10.9. The van der Waals surface area contributed by atoms with Crippen molar-refractivity contribution in [1.82, 2.24) is 4.90 Å². The molecule has 2 rings (SSSR count). The Hall–Kier alpha value is -1.06. The van der Waals surface area contributed by atoms with E-state index in [9.17, 15) is 4.79 Å². The summed E-state index contributed by atoms with van der Waals surface area (Å²) in [5, 5.41) is 0. The van der Waals surface area contributed by atoms with E-state index < -0.39 is 5.43 Å². The largest absolute Gasteiger partial charge is 0.430 e. The molecule has 0 radical (unpaired) electrons. The summed E-state index contributed by atoms with van der Waals surface area (Å²) in [6.45, 7) is 1.90. The zero-order valence-electron chi connectivity index (χ0n) is 8.93. The topological polar surface area (TPSA) is 29.5 Å². The number of hydrogen-bond acceptors (Lipinski definition) is 3. The number of carbonyl (C=O) groups is 1. The fraction of sp³-hybridized carbons (Fsp3) is 0.417. The number of benzene rings is 1. The van der Waals surface area contributed by atoms with Gasteiger partial charge in [-0.3, -0.25) is 4.90 Å². The standard InChI is InChI=1S/C12H14ClNO2/c13-12(15)16-11(14-8-4-5-9-14)10-6-2-1-3-7-10/h1-3,6-7,11H,4-5,8-9H2. The van der Waals surface area contributed by atoms with Gasteiger partial charge in [0.15, 0.2) is 6.23 Å². The number of ether oxygens (including phenoxy) is 1. The van der Waals surface area contributed by atoms with Gasteiger partial charge in [-0.2, -0.15) is 0 Å². The number of hydrogen-bond donors (Lipinski definition) is 0. The van der Waals surface area contributed by atoms with Crippen molar-refractivity contribution in [3.8, 4) is 0 Å². The van der Waals surface area contributed by atoms with E-state index in [1.165, 1.54) is 0 Å². The van der Waals surface area contributed by atoms with E-state index in [2.05, 4.69) is 4.90 Å². The maximum absolute atomic E-state index is 10.9. The summed E-state index contributed by atoms with van der Waals surface area (Å²) >= 11 is 5.31. The molecule has 3 nitrogen and oxygen atoms in total. The SMILES string of the molecule is O=C(Cl)OC(c1ccccc1)N1CCCC1. The Morgan fingerprint density at radius 1 is 1.25 bits per heavy atom. The quantitative estimate of drug-likeness (QED) is 0.759. The van der Waals surface area contributed by atoms with E-state index in [-0.39, 0.29) is 6.23 Å². The van der Waals surface area contributed by atoms with Crippen LogP contribution in [-0.2, 0) is 4.74 Å². The third-order valence-corrected chi connectivity index (χ3v) is 2.85. The Kier molecular flexibility index (Phi) is 3.80. The van der Waals surface area contributed by atoms with E-state index >= 15 is 0 Å². The molecular formula is C12H14ClNO2. The monoisotopic (exact) mass is 239 g/mol. The van der Waals surface area contributed by atoms with E-state index in [0.29, 0.717) is 0 Å². The molecule has 0 saturated carbocycles. The zero-order chi connectivity index (χ0) is 11.4.